The van der Waals surface area contributed by atoms with Gasteiger partial charge in [-0.1, -0.05) is 24.3 Å². The summed E-state index contributed by atoms with van der Waals surface area (Å²) < 4.78 is 13.3. The molecule has 0 spiro atoms. The van der Waals surface area contributed by atoms with Gasteiger partial charge in [0.2, 0.25) is 5.91 Å². The first-order chi connectivity index (χ1) is 19.7. The first-order valence-electron chi connectivity index (χ1n) is 13.1. The summed E-state index contributed by atoms with van der Waals surface area (Å²) in [4.78, 5) is 39.7. The molecule has 0 atom stereocenters. The van der Waals surface area contributed by atoms with Crippen molar-refractivity contribution in [1.82, 2.24) is 4.90 Å². The van der Waals surface area contributed by atoms with Gasteiger partial charge in [-0.25, -0.2) is 0 Å². The number of carbonyl (C=O) groups is 3. The Kier molecular flexibility index (Phi) is 10.3. The molecule has 212 valence electrons. The molecule has 0 saturated carbocycles. The van der Waals surface area contributed by atoms with Crippen LogP contribution in [0.5, 0.6) is 11.5 Å². The van der Waals surface area contributed by atoms with Gasteiger partial charge in [0, 0.05) is 14.8 Å². The van der Waals surface area contributed by atoms with E-state index >= 15 is 0 Å². The van der Waals surface area contributed by atoms with E-state index in [0.717, 1.165) is 42.5 Å². The third-order valence-corrected chi connectivity index (χ3v) is 8.00. The van der Waals surface area contributed by atoms with Crippen LogP contribution in [-0.4, -0.2) is 35.1 Å². The Labute approximate surface area is 258 Å². The minimum absolute atomic E-state index is 0.230. The molecule has 4 rings (SSSR count). The molecule has 1 heterocycles. The minimum Gasteiger partial charge on any atom is -0.490 e. The lowest BCUT2D eigenvalue weighted by atomic mass is 10.0. The first kappa shape index (κ1) is 30.4. The van der Waals surface area contributed by atoms with E-state index in [0.29, 0.717) is 42.4 Å². The summed E-state index contributed by atoms with van der Waals surface area (Å²) in [7, 11) is 0. The lowest BCUT2D eigenvalue weighted by Crippen LogP contribution is -2.36. The Morgan fingerprint density at radius 2 is 1.80 bits per heavy atom. The van der Waals surface area contributed by atoms with Gasteiger partial charge in [0.05, 0.1) is 11.5 Å². The van der Waals surface area contributed by atoms with Crippen LogP contribution in [0.3, 0.4) is 0 Å². The number of nitrogens with one attached hydrogen (secondary N) is 1. The Hall–Kier alpha value is -3.57. The molecule has 1 saturated heterocycles. The summed E-state index contributed by atoms with van der Waals surface area (Å²) in [6, 6.07) is 17.3. The molecule has 1 aliphatic rings. The number of hydrogen-bond acceptors (Lipinski definition) is 6. The van der Waals surface area contributed by atoms with E-state index in [2.05, 4.69) is 34.5 Å². The Bertz CT molecular complexity index is 1520. The zero-order valence-electron chi connectivity index (χ0n) is 23.2. The molecule has 0 radical (unpaired) electrons. The largest absolute Gasteiger partial charge is 0.490 e. The van der Waals surface area contributed by atoms with Gasteiger partial charge in [-0.3, -0.25) is 19.3 Å². The molecular weight excluding hydrogens is 651 g/mol. The quantitative estimate of drug-likeness (QED) is 0.130. The van der Waals surface area contributed by atoms with Crippen LogP contribution in [0.2, 0.25) is 0 Å². The summed E-state index contributed by atoms with van der Waals surface area (Å²) in [6.45, 7) is 10.1. The average molecular weight is 683 g/mol. The normalized spacial score (nSPS) is 14.0. The minimum atomic E-state index is -0.516. The van der Waals surface area contributed by atoms with Gasteiger partial charge in [0.1, 0.15) is 13.2 Å². The van der Waals surface area contributed by atoms with E-state index in [4.69, 9.17) is 9.47 Å². The number of benzene rings is 3. The number of hydrogen-bond donors (Lipinski definition) is 1. The molecule has 9 heteroatoms. The van der Waals surface area contributed by atoms with Crippen LogP contribution in [-0.2, 0) is 22.6 Å². The number of rotatable bonds is 11. The van der Waals surface area contributed by atoms with Crippen molar-refractivity contribution >= 4 is 63.2 Å². The van der Waals surface area contributed by atoms with Crippen LogP contribution in [0.15, 0.2) is 72.2 Å². The third kappa shape index (κ3) is 7.80. The molecule has 0 aliphatic carbocycles. The number of halogens is 1. The van der Waals surface area contributed by atoms with Gasteiger partial charge in [-0.05, 0) is 126 Å². The van der Waals surface area contributed by atoms with Crippen molar-refractivity contribution in [2.24, 2.45) is 0 Å². The average Bonchev–Trinajstić information content (AvgIpc) is 3.18. The summed E-state index contributed by atoms with van der Waals surface area (Å²) in [6.07, 6.45) is 3.93. The summed E-state index contributed by atoms with van der Waals surface area (Å²) in [5, 5.41) is 2.27. The molecular formula is C32H31IN2O5S. The molecule has 3 amide bonds. The van der Waals surface area contributed by atoms with E-state index in [1.807, 2.05) is 63.2 Å². The predicted octanol–water partition coefficient (Wildman–Crippen LogP) is 7.29. The second-order valence-corrected chi connectivity index (χ2v) is 11.7. The van der Waals surface area contributed by atoms with E-state index in [1.165, 1.54) is 0 Å². The number of anilines is 1. The van der Waals surface area contributed by atoms with Crippen molar-refractivity contribution in [1.29, 1.82) is 0 Å². The smallest absolute Gasteiger partial charge is 0.294 e. The fourth-order valence-corrected chi connectivity index (χ4v) is 5.39. The van der Waals surface area contributed by atoms with Gasteiger partial charge in [-0.2, -0.15) is 0 Å². The first-order valence-corrected chi connectivity index (χ1v) is 15.0. The number of thioether (sulfide) groups is 1. The van der Waals surface area contributed by atoms with Crippen LogP contribution in [0, 0.1) is 17.4 Å². The maximum Gasteiger partial charge on any atom is 0.294 e. The van der Waals surface area contributed by atoms with Crippen LogP contribution in [0.4, 0.5) is 10.5 Å². The molecule has 7 nitrogen and oxygen atoms in total. The van der Waals surface area contributed by atoms with E-state index in [-0.39, 0.29) is 11.4 Å². The predicted molar refractivity (Wildman–Crippen MR) is 172 cm³/mol. The summed E-state index contributed by atoms with van der Waals surface area (Å²) in [5.74, 6) is 0.185. The Morgan fingerprint density at radius 1 is 1.05 bits per heavy atom. The molecule has 0 aromatic heterocycles. The standard InChI is InChI=1S/C32H31IN2O5S/c1-5-7-24-15-23(16-27(39-6-2)30(24)40-19-22-9-11-25(33)12-10-22)17-28-31(37)35(32(38)41-28)18-29(36)34-26-13-8-20(3)21(4)14-26/h5,8-17H,1,6-7,18-19H2,2-4H3,(H,34,36)/b28-17-. The van der Waals surface area contributed by atoms with Gasteiger partial charge in [0.25, 0.3) is 11.1 Å². The maximum absolute atomic E-state index is 13.1. The monoisotopic (exact) mass is 682 g/mol. The third-order valence-electron chi connectivity index (χ3n) is 6.38. The van der Waals surface area contributed by atoms with Gasteiger partial charge < -0.3 is 14.8 Å². The SMILES string of the molecule is C=CCc1cc(/C=C2\SC(=O)N(CC(=O)Nc3ccc(C)c(C)c3)C2=O)cc(OCC)c1OCc1ccc(I)cc1. The molecule has 0 unspecified atom stereocenters. The highest BCUT2D eigenvalue weighted by atomic mass is 127. The molecule has 0 bridgehead atoms. The second kappa shape index (κ2) is 13.9. The fraction of sp³-hybridized carbons (Fsp3) is 0.219. The van der Waals surface area contributed by atoms with Crippen molar-refractivity contribution in [3.8, 4) is 11.5 Å². The van der Waals surface area contributed by atoms with Crippen molar-refractivity contribution in [2.75, 3.05) is 18.5 Å². The number of amides is 3. The Morgan fingerprint density at radius 3 is 2.49 bits per heavy atom. The van der Waals surface area contributed by atoms with Crippen LogP contribution in [0.1, 0.15) is 34.7 Å². The number of allylic oxidation sites excluding steroid dienone is 1. The van der Waals surface area contributed by atoms with Gasteiger partial charge in [0.15, 0.2) is 11.5 Å². The van der Waals surface area contributed by atoms with Crippen LogP contribution >= 0.6 is 34.4 Å². The number of aryl methyl sites for hydroxylation is 2. The topological polar surface area (TPSA) is 84.9 Å². The zero-order valence-corrected chi connectivity index (χ0v) is 26.1. The molecule has 1 fully saturated rings. The number of carbonyl (C=O) groups excluding carboxylic acids is 3. The van der Waals surface area contributed by atoms with Crippen molar-refractivity contribution in [3.63, 3.8) is 0 Å². The molecule has 1 aliphatic heterocycles. The second-order valence-electron chi connectivity index (χ2n) is 9.46. The van der Waals surface area contributed by atoms with Gasteiger partial charge >= 0.3 is 0 Å². The summed E-state index contributed by atoms with van der Waals surface area (Å²) in [5.41, 5.74) is 5.30. The lowest BCUT2D eigenvalue weighted by molar-refractivity contribution is -0.127. The molecule has 3 aromatic carbocycles. The van der Waals surface area contributed by atoms with Crippen LogP contribution < -0.4 is 14.8 Å². The number of ether oxygens (including phenoxy) is 2. The molecule has 3 aromatic rings. The Balaban J connectivity index is 1.54. The molecule has 41 heavy (non-hydrogen) atoms. The highest BCUT2D eigenvalue weighted by Crippen LogP contribution is 2.38. The van der Waals surface area contributed by atoms with Gasteiger partial charge in [-0.15, -0.1) is 6.58 Å². The van der Waals surface area contributed by atoms with Crippen LogP contribution in [0.25, 0.3) is 6.08 Å². The molecule has 1 N–H and O–H groups in total. The van der Waals surface area contributed by atoms with E-state index in [9.17, 15) is 14.4 Å². The zero-order chi connectivity index (χ0) is 29.5. The fourth-order valence-electron chi connectivity index (χ4n) is 4.19. The lowest BCUT2D eigenvalue weighted by Gasteiger charge is -2.17. The number of nitrogens with zero attached hydrogens (tertiary/aromatic N) is 1. The van der Waals surface area contributed by atoms with E-state index < -0.39 is 17.1 Å². The van der Waals surface area contributed by atoms with Crippen molar-refractivity contribution in [3.05, 3.63) is 104 Å². The van der Waals surface area contributed by atoms with E-state index in [1.54, 1.807) is 24.3 Å². The number of imide groups is 1. The maximum atomic E-state index is 13.1. The van der Waals surface area contributed by atoms with Crippen molar-refractivity contribution in [2.45, 2.75) is 33.8 Å². The highest BCUT2D eigenvalue weighted by molar-refractivity contribution is 14.1. The van der Waals surface area contributed by atoms with Crippen molar-refractivity contribution < 1.29 is 23.9 Å². The highest BCUT2D eigenvalue weighted by Gasteiger charge is 2.36. The summed E-state index contributed by atoms with van der Waals surface area (Å²) >= 11 is 3.07.